The molecular weight excluding hydrogens is 152 g/mol. The molecule has 1 atom stereocenters. The van der Waals surface area contributed by atoms with Gasteiger partial charge in [0, 0.05) is 13.1 Å². The predicted octanol–water partition coefficient (Wildman–Crippen LogP) is 0.710. The van der Waals surface area contributed by atoms with Crippen LogP contribution in [0.2, 0.25) is 0 Å². The van der Waals surface area contributed by atoms with Crippen molar-refractivity contribution >= 4 is 5.91 Å². The topological polar surface area (TPSA) is 32.3 Å². The first kappa shape index (κ1) is 11.4. The highest BCUT2D eigenvalue weighted by Crippen LogP contribution is 1.99. The van der Waals surface area contributed by atoms with Crippen LogP contribution in [-0.2, 0) is 4.79 Å². The van der Waals surface area contributed by atoms with E-state index in [1.54, 1.807) is 0 Å². The predicted molar refractivity (Wildman–Crippen MR) is 51.0 cm³/mol. The minimum atomic E-state index is 0.145. The number of nitrogens with zero attached hydrogens (tertiary/aromatic N) is 1. The van der Waals surface area contributed by atoms with Crippen LogP contribution in [0.4, 0.5) is 0 Å². The summed E-state index contributed by atoms with van der Waals surface area (Å²) in [6.45, 7) is 8.52. The Bertz CT molecular complexity index is 136. The van der Waals surface area contributed by atoms with E-state index < -0.39 is 0 Å². The summed E-state index contributed by atoms with van der Waals surface area (Å²) in [7, 11) is 1.97. The highest BCUT2D eigenvalue weighted by Gasteiger charge is 2.14. The molecular formula is C9H20N2O. The van der Waals surface area contributed by atoms with Gasteiger partial charge in [0.1, 0.15) is 0 Å². The van der Waals surface area contributed by atoms with Gasteiger partial charge in [-0.05, 0) is 13.0 Å². The van der Waals surface area contributed by atoms with E-state index >= 15 is 0 Å². The third-order valence-corrected chi connectivity index (χ3v) is 1.68. The Hall–Kier alpha value is -0.570. The van der Waals surface area contributed by atoms with Crippen LogP contribution >= 0.6 is 0 Å². The molecule has 1 heterocycles. The van der Waals surface area contributed by atoms with Crippen LogP contribution in [0.1, 0.15) is 20.8 Å². The smallest absolute Gasteiger partial charge is 0.234 e. The molecule has 1 unspecified atom stereocenters. The van der Waals surface area contributed by atoms with Gasteiger partial charge in [-0.3, -0.25) is 9.69 Å². The van der Waals surface area contributed by atoms with Crippen LogP contribution in [0, 0.1) is 5.92 Å². The third kappa shape index (κ3) is 4.34. The van der Waals surface area contributed by atoms with E-state index in [-0.39, 0.29) is 5.91 Å². The van der Waals surface area contributed by atoms with Crippen molar-refractivity contribution in [2.24, 2.45) is 5.92 Å². The van der Waals surface area contributed by atoms with Crippen molar-refractivity contribution in [2.45, 2.75) is 20.8 Å². The Kier molecular flexibility index (Phi) is 5.72. The van der Waals surface area contributed by atoms with E-state index in [0.717, 1.165) is 13.1 Å². The molecule has 3 nitrogen and oxygen atoms in total. The molecule has 0 bridgehead atoms. The van der Waals surface area contributed by atoms with E-state index in [1.807, 2.05) is 25.8 Å². The molecule has 1 aliphatic rings. The number of rotatable bonds is 0. The highest BCUT2D eigenvalue weighted by atomic mass is 16.2. The fraction of sp³-hybridized carbons (Fsp3) is 0.889. The Morgan fingerprint density at radius 3 is 2.67 bits per heavy atom. The molecule has 1 aliphatic heterocycles. The zero-order valence-corrected chi connectivity index (χ0v) is 8.55. The van der Waals surface area contributed by atoms with Gasteiger partial charge >= 0.3 is 0 Å². The van der Waals surface area contributed by atoms with Crippen molar-refractivity contribution in [1.82, 2.24) is 10.2 Å². The van der Waals surface area contributed by atoms with Crippen LogP contribution in [0.25, 0.3) is 0 Å². The van der Waals surface area contributed by atoms with Gasteiger partial charge < -0.3 is 5.32 Å². The van der Waals surface area contributed by atoms with E-state index in [2.05, 4.69) is 12.2 Å². The Morgan fingerprint density at radius 2 is 2.08 bits per heavy atom. The average Bonchev–Trinajstić information content (AvgIpc) is 2.16. The number of hydrogen-bond donors (Lipinski definition) is 1. The zero-order valence-electron chi connectivity index (χ0n) is 8.55. The standard InChI is InChI=1S/C7H14N2O.C2H6/c1-6-3-8-7(10)5-9(2)4-6;1-2/h6H,3-5H2,1-2H3,(H,8,10);1-2H3. The lowest BCUT2D eigenvalue weighted by Crippen LogP contribution is -2.30. The molecule has 1 amide bonds. The third-order valence-electron chi connectivity index (χ3n) is 1.68. The molecule has 0 radical (unpaired) electrons. The molecule has 12 heavy (non-hydrogen) atoms. The molecule has 0 aromatic rings. The summed E-state index contributed by atoms with van der Waals surface area (Å²) >= 11 is 0. The number of nitrogens with one attached hydrogen (secondary N) is 1. The second-order valence-electron chi connectivity index (χ2n) is 3.11. The maximum absolute atomic E-state index is 10.9. The quantitative estimate of drug-likeness (QED) is 0.583. The van der Waals surface area contributed by atoms with Gasteiger partial charge in [-0.15, -0.1) is 0 Å². The molecule has 0 saturated carbocycles. The maximum atomic E-state index is 10.9. The van der Waals surface area contributed by atoms with Gasteiger partial charge in [0.05, 0.1) is 6.54 Å². The van der Waals surface area contributed by atoms with E-state index in [0.29, 0.717) is 12.5 Å². The maximum Gasteiger partial charge on any atom is 0.234 e. The first-order chi connectivity index (χ1) is 5.68. The lowest BCUT2D eigenvalue weighted by atomic mass is 10.2. The Morgan fingerprint density at radius 1 is 1.50 bits per heavy atom. The van der Waals surface area contributed by atoms with Gasteiger partial charge in [-0.1, -0.05) is 20.8 Å². The van der Waals surface area contributed by atoms with Gasteiger partial charge in [0.2, 0.25) is 5.91 Å². The van der Waals surface area contributed by atoms with Gasteiger partial charge in [-0.25, -0.2) is 0 Å². The number of carbonyl (C=O) groups is 1. The minimum Gasteiger partial charge on any atom is -0.355 e. The van der Waals surface area contributed by atoms with Crippen LogP contribution in [0.5, 0.6) is 0 Å². The Labute approximate surface area is 75.1 Å². The molecule has 1 fully saturated rings. The van der Waals surface area contributed by atoms with Crippen molar-refractivity contribution in [3.63, 3.8) is 0 Å². The summed E-state index contributed by atoms with van der Waals surface area (Å²) in [6.07, 6.45) is 0. The molecule has 3 heteroatoms. The van der Waals surface area contributed by atoms with Gasteiger partial charge in [0.25, 0.3) is 0 Å². The molecule has 0 spiro atoms. The van der Waals surface area contributed by atoms with Crippen LogP contribution in [-0.4, -0.2) is 37.5 Å². The van der Waals surface area contributed by atoms with E-state index in [9.17, 15) is 4.79 Å². The van der Waals surface area contributed by atoms with Crippen LogP contribution in [0.3, 0.4) is 0 Å². The minimum absolute atomic E-state index is 0.145. The van der Waals surface area contributed by atoms with Crippen LogP contribution < -0.4 is 5.32 Å². The summed E-state index contributed by atoms with van der Waals surface area (Å²) in [5.41, 5.74) is 0. The first-order valence-corrected chi connectivity index (χ1v) is 4.63. The molecule has 0 aromatic carbocycles. The highest BCUT2D eigenvalue weighted by molar-refractivity contribution is 5.78. The number of carbonyl (C=O) groups excluding carboxylic acids is 1. The first-order valence-electron chi connectivity index (χ1n) is 4.63. The lowest BCUT2D eigenvalue weighted by Gasteiger charge is -2.13. The second kappa shape index (κ2) is 6.00. The SMILES string of the molecule is CC.CC1CNC(=O)CN(C)C1. The molecule has 1 rings (SSSR count). The molecule has 72 valence electrons. The largest absolute Gasteiger partial charge is 0.355 e. The van der Waals surface area contributed by atoms with Crippen molar-refractivity contribution in [3.8, 4) is 0 Å². The summed E-state index contributed by atoms with van der Waals surface area (Å²) in [6, 6.07) is 0. The van der Waals surface area contributed by atoms with Gasteiger partial charge in [-0.2, -0.15) is 0 Å². The number of likely N-dealkylation sites (N-methyl/N-ethyl adjacent to an activating group) is 1. The molecule has 0 aliphatic carbocycles. The average molecular weight is 172 g/mol. The second-order valence-corrected chi connectivity index (χ2v) is 3.11. The Balaban J connectivity index is 0.000000561. The van der Waals surface area contributed by atoms with Crippen LogP contribution in [0.15, 0.2) is 0 Å². The van der Waals surface area contributed by atoms with Crippen molar-refractivity contribution in [2.75, 3.05) is 26.7 Å². The monoisotopic (exact) mass is 172 g/mol. The van der Waals surface area contributed by atoms with E-state index in [4.69, 9.17) is 0 Å². The zero-order chi connectivity index (χ0) is 9.56. The normalized spacial score (nSPS) is 25.0. The fourth-order valence-electron chi connectivity index (χ4n) is 1.25. The summed E-state index contributed by atoms with van der Waals surface area (Å²) in [5.74, 6) is 0.725. The van der Waals surface area contributed by atoms with Crippen molar-refractivity contribution in [3.05, 3.63) is 0 Å². The fourth-order valence-corrected chi connectivity index (χ4v) is 1.25. The van der Waals surface area contributed by atoms with Crippen molar-refractivity contribution < 1.29 is 4.79 Å². The summed E-state index contributed by atoms with van der Waals surface area (Å²) < 4.78 is 0. The molecule has 0 aromatic heterocycles. The van der Waals surface area contributed by atoms with Crippen molar-refractivity contribution in [1.29, 1.82) is 0 Å². The molecule has 1 N–H and O–H groups in total. The van der Waals surface area contributed by atoms with Gasteiger partial charge in [0.15, 0.2) is 0 Å². The number of hydrogen-bond acceptors (Lipinski definition) is 2. The summed E-state index contributed by atoms with van der Waals surface area (Å²) in [4.78, 5) is 12.9. The molecule has 1 saturated heterocycles. The van der Waals surface area contributed by atoms with E-state index in [1.165, 1.54) is 0 Å². The number of amides is 1. The summed E-state index contributed by atoms with van der Waals surface area (Å²) in [5, 5.41) is 2.84. The lowest BCUT2D eigenvalue weighted by molar-refractivity contribution is -0.121.